The third-order valence-electron chi connectivity index (χ3n) is 11.2. The van der Waals surface area contributed by atoms with Gasteiger partial charge in [-0.25, -0.2) is 4.98 Å². The molecule has 5 heteroatoms. The van der Waals surface area contributed by atoms with Crippen molar-refractivity contribution in [2.45, 2.75) is 0 Å². The van der Waals surface area contributed by atoms with Crippen molar-refractivity contribution in [2.75, 3.05) is 6.54 Å². The van der Waals surface area contributed by atoms with Crippen molar-refractivity contribution >= 4 is 38.3 Å². The minimum Gasteiger partial charge on any atom is -0.455 e. The number of nitrogens with zero attached hydrogens (tertiary/aromatic N) is 3. The molecule has 6 aromatic carbocycles. The molecule has 10 aromatic rings. The van der Waals surface area contributed by atoms with Crippen molar-refractivity contribution in [2.24, 2.45) is 0 Å². The van der Waals surface area contributed by atoms with E-state index in [1.807, 2.05) is 36.8 Å². The normalized spacial score (nSPS) is 12.6. The number of allylic oxidation sites excluding steroid dienone is 2. The summed E-state index contributed by atoms with van der Waals surface area (Å²) in [6.45, 7) is 0.839. The van der Waals surface area contributed by atoms with E-state index in [1.54, 1.807) is 0 Å². The Kier molecular flexibility index (Phi) is 8.14. The Bertz CT molecular complexity index is 3180. The van der Waals surface area contributed by atoms with Gasteiger partial charge in [0, 0.05) is 57.7 Å². The molecule has 1 aliphatic heterocycles. The number of fused-ring (bicyclic) bond motifs is 5. The first-order valence-electron chi connectivity index (χ1n) is 19.6. The number of aromatic nitrogens is 3. The van der Waals surface area contributed by atoms with Gasteiger partial charge in [-0.15, -0.1) is 0 Å². The SMILES string of the molecule is C1=CC(c2ccc(-c3cc(-c4ccncc4)nc(-c4ccc(-n5c6ccccc6c6c7oc(-c8ccccc8)c(-c8ccccc8)c7ccc65)cc4)c3)cc2)=CCN1. The summed E-state index contributed by atoms with van der Waals surface area (Å²) >= 11 is 0. The molecule has 0 atom stereocenters. The fourth-order valence-electron chi connectivity index (χ4n) is 8.39. The Morgan fingerprint density at radius 1 is 0.517 bits per heavy atom. The number of pyridine rings is 2. The van der Waals surface area contributed by atoms with E-state index in [-0.39, 0.29) is 0 Å². The molecule has 0 fully saturated rings. The Hall–Kier alpha value is -7.76. The highest BCUT2D eigenvalue weighted by Gasteiger charge is 2.23. The summed E-state index contributed by atoms with van der Waals surface area (Å²) in [6, 6.07) is 60.1. The van der Waals surface area contributed by atoms with Crippen molar-refractivity contribution in [1.29, 1.82) is 0 Å². The molecule has 0 radical (unpaired) electrons. The van der Waals surface area contributed by atoms with Gasteiger partial charge in [0.1, 0.15) is 11.3 Å². The largest absolute Gasteiger partial charge is 0.455 e. The van der Waals surface area contributed by atoms with Gasteiger partial charge in [0.05, 0.1) is 27.8 Å². The molecule has 0 spiro atoms. The number of dihydropyridines is 1. The monoisotopic (exact) mass is 744 g/mol. The maximum Gasteiger partial charge on any atom is 0.145 e. The average molecular weight is 745 g/mol. The predicted octanol–water partition coefficient (Wildman–Crippen LogP) is 13.2. The zero-order chi connectivity index (χ0) is 38.4. The molecule has 0 amide bonds. The van der Waals surface area contributed by atoms with Gasteiger partial charge in [-0.05, 0) is 94.7 Å². The minimum atomic E-state index is 0.839. The van der Waals surface area contributed by atoms with E-state index >= 15 is 0 Å². The number of para-hydroxylation sites is 1. The van der Waals surface area contributed by atoms with Crippen LogP contribution in [0.5, 0.6) is 0 Å². The van der Waals surface area contributed by atoms with Gasteiger partial charge in [-0.3, -0.25) is 4.98 Å². The zero-order valence-electron chi connectivity index (χ0n) is 31.5. The van der Waals surface area contributed by atoms with Crippen LogP contribution in [0.1, 0.15) is 5.56 Å². The van der Waals surface area contributed by atoms with Gasteiger partial charge >= 0.3 is 0 Å². The van der Waals surface area contributed by atoms with Crippen molar-refractivity contribution in [1.82, 2.24) is 19.9 Å². The molecule has 0 bridgehead atoms. The molecule has 1 N–H and O–H groups in total. The maximum absolute atomic E-state index is 6.99. The van der Waals surface area contributed by atoms with Gasteiger partial charge in [0.25, 0.3) is 0 Å². The van der Waals surface area contributed by atoms with E-state index in [1.165, 1.54) is 11.1 Å². The van der Waals surface area contributed by atoms with Crippen LogP contribution >= 0.6 is 0 Å². The maximum atomic E-state index is 6.99. The lowest BCUT2D eigenvalue weighted by Gasteiger charge is -2.13. The predicted molar refractivity (Wildman–Crippen MR) is 238 cm³/mol. The van der Waals surface area contributed by atoms with Crippen LogP contribution in [0.25, 0.3) is 100 Å². The Morgan fingerprint density at radius 2 is 1.17 bits per heavy atom. The van der Waals surface area contributed by atoms with Crippen LogP contribution in [0, 0.1) is 0 Å². The summed E-state index contributed by atoms with van der Waals surface area (Å²) in [5, 5.41) is 6.59. The first kappa shape index (κ1) is 33.6. The molecule has 0 saturated carbocycles. The van der Waals surface area contributed by atoms with Crippen molar-refractivity contribution in [3.05, 3.63) is 206 Å². The zero-order valence-corrected chi connectivity index (χ0v) is 31.5. The topological polar surface area (TPSA) is 55.9 Å². The van der Waals surface area contributed by atoms with E-state index in [2.05, 4.69) is 179 Å². The lowest BCUT2D eigenvalue weighted by molar-refractivity contribution is 0.636. The smallest absolute Gasteiger partial charge is 0.145 e. The fourth-order valence-corrected chi connectivity index (χ4v) is 8.39. The number of benzene rings is 6. The molecule has 5 heterocycles. The van der Waals surface area contributed by atoms with Crippen LogP contribution in [-0.4, -0.2) is 21.1 Å². The number of hydrogen-bond acceptors (Lipinski definition) is 4. The first-order valence-corrected chi connectivity index (χ1v) is 19.6. The molecule has 58 heavy (non-hydrogen) atoms. The van der Waals surface area contributed by atoms with E-state index in [9.17, 15) is 0 Å². The Labute approximate surface area is 335 Å². The van der Waals surface area contributed by atoms with Gasteiger partial charge in [0.15, 0.2) is 0 Å². The van der Waals surface area contributed by atoms with E-state index < -0.39 is 0 Å². The summed E-state index contributed by atoms with van der Waals surface area (Å²) in [5.74, 6) is 0.878. The summed E-state index contributed by atoms with van der Waals surface area (Å²) < 4.78 is 9.33. The van der Waals surface area contributed by atoms with Crippen LogP contribution in [0.15, 0.2) is 205 Å². The number of hydrogen-bond donors (Lipinski definition) is 1. The molecule has 0 saturated heterocycles. The average Bonchev–Trinajstić information content (AvgIpc) is 3.87. The van der Waals surface area contributed by atoms with Crippen molar-refractivity contribution in [3.63, 3.8) is 0 Å². The molecule has 0 aliphatic carbocycles. The van der Waals surface area contributed by atoms with Crippen LogP contribution in [0.3, 0.4) is 0 Å². The molecule has 4 aromatic heterocycles. The minimum absolute atomic E-state index is 0.839. The second-order valence-corrected chi connectivity index (χ2v) is 14.6. The number of rotatable bonds is 7. The molecule has 11 rings (SSSR count). The summed E-state index contributed by atoms with van der Waals surface area (Å²) in [5.41, 5.74) is 16.0. The molecule has 0 unspecified atom stereocenters. The highest BCUT2D eigenvalue weighted by Crippen LogP contribution is 2.46. The van der Waals surface area contributed by atoms with E-state index in [4.69, 9.17) is 9.40 Å². The highest BCUT2D eigenvalue weighted by atomic mass is 16.3. The van der Waals surface area contributed by atoms with Gasteiger partial charge < -0.3 is 14.3 Å². The molecular weight excluding hydrogens is 709 g/mol. The van der Waals surface area contributed by atoms with E-state index in [0.29, 0.717) is 0 Å². The van der Waals surface area contributed by atoms with Crippen LogP contribution < -0.4 is 5.32 Å². The summed E-state index contributed by atoms with van der Waals surface area (Å²) in [4.78, 5) is 9.47. The second kappa shape index (κ2) is 14.1. The third-order valence-corrected chi connectivity index (χ3v) is 11.2. The van der Waals surface area contributed by atoms with Crippen molar-refractivity contribution < 1.29 is 4.42 Å². The quantitative estimate of drug-likeness (QED) is 0.177. The molecule has 5 nitrogen and oxygen atoms in total. The van der Waals surface area contributed by atoms with Gasteiger partial charge in [-0.1, -0.05) is 121 Å². The fraction of sp³-hybridized carbons (Fsp3) is 0.0189. The summed E-state index contributed by atoms with van der Waals surface area (Å²) in [7, 11) is 0. The standard InChI is InChI=1S/C53H36N4O/c1-3-9-40(10-4-1)50-45-23-24-49-51(53(45)58-52(50)41-11-5-2-6-12-41)44-13-7-8-14-48(44)57(49)43-21-19-38(20-22-43)46-33-42(34-47(56-46)39-27-31-55-32-28-39)36-17-15-35(16-18-36)37-25-29-54-30-26-37/h1-29,31-34,54H,30H2. The lowest BCUT2D eigenvalue weighted by atomic mass is 9.97. The van der Waals surface area contributed by atoms with Crippen LogP contribution in [-0.2, 0) is 0 Å². The van der Waals surface area contributed by atoms with Gasteiger partial charge in [-0.2, -0.15) is 0 Å². The lowest BCUT2D eigenvalue weighted by Crippen LogP contribution is -2.08. The Morgan fingerprint density at radius 3 is 1.90 bits per heavy atom. The number of nitrogens with one attached hydrogen (secondary N) is 1. The van der Waals surface area contributed by atoms with Gasteiger partial charge in [0.2, 0.25) is 0 Å². The highest BCUT2D eigenvalue weighted by molar-refractivity contribution is 6.22. The van der Waals surface area contributed by atoms with Crippen LogP contribution in [0.4, 0.5) is 0 Å². The first-order chi connectivity index (χ1) is 28.8. The van der Waals surface area contributed by atoms with E-state index in [0.717, 1.165) is 101 Å². The number of furan rings is 1. The van der Waals surface area contributed by atoms with Crippen LogP contribution in [0.2, 0.25) is 0 Å². The second-order valence-electron chi connectivity index (χ2n) is 14.6. The molecular formula is C53H36N4O. The molecule has 274 valence electrons. The van der Waals surface area contributed by atoms with Crippen molar-refractivity contribution in [3.8, 4) is 61.8 Å². The Balaban J connectivity index is 1.04. The third kappa shape index (κ3) is 5.80. The summed E-state index contributed by atoms with van der Waals surface area (Å²) in [6.07, 6.45) is 9.98. The molecule has 1 aliphatic rings.